The van der Waals surface area contributed by atoms with E-state index in [2.05, 4.69) is 15.5 Å². The number of anilines is 1. The van der Waals surface area contributed by atoms with E-state index < -0.39 is 0 Å². The minimum absolute atomic E-state index is 0.00938. The Morgan fingerprint density at radius 1 is 1.21 bits per heavy atom. The quantitative estimate of drug-likeness (QED) is 0.833. The first-order chi connectivity index (χ1) is 11.6. The van der Waals surface area contributed by atoms with Gasteiger partial charge in [0.2, 0.25) is 5.91 Å². The maximum absolute atomic E-state index is 12.5. The zero-order valence-electron chi connectivity index (χ0n) is 13.9. The van der Waals surface area contributed by atoms with Crippen molar-refractivity contribution in [3.05, 3.63) is 18.2 Å². The van der Waals surface area contributed by atoms with Crippen molar-refractivity contribution in [3.63, 3.8) is 0 Å². The lowest BCUT2D eigenvalue weighted by molar-refractivity contribution is -0.131. The van der Waals surface area contributed by atoms with Crippen LogP contribution in [-0.2, 0) is 4.79 Å². The summed E-state index contributed by atoms with van der Waals surface area (Å²) in [7, 11) is 3.11. The van der Waals surface area contributed by atoms with Gasteiger partial charge in [0, 0.05) is 44.5 Å². The number of nitrogens with zero attached hydrogens (tertiary/aromatic N) is 2. The molecule has 8 heteroatoms. The summed E-state index contributed by atoms with van der Waals surface area (Å²) in [5, 5.41) is 5.70. The SMILES string of the molecule is COc1ccc(NC(=O)N2CCN3CCNC(=O)C3C2)cc1OC. The number of hydrogen-bond donors (Lipinski definition) is 2. The van der Waals surface area contributed by atoms with Crippen molar-refractivity contribution < 1.29 is 19.1 Å². The van der Waals surface area contributed by atoms with Crippen LogP contribution in [0.1, 0.15) is 0 Å². The molecule has 3 amide bonds. The third kappa shape index (κ3) is 3.23. The Labute approximate surface area is 140 Å². The van der Waals surface area contributed by atoms with Crippen molar-refractivity contribution in [3.8, 4) is 11.5 Å². The molecule has 1 aromatic carbocycles. The Bertz CT molecular complexity index is 637. The van der Waals surface area contributed by atoms with E-state index in [1.165, 1.54) is 0 Å². The van der Waals surface area contributed by atoms with E-state index in [4.69, 9.17) is 9.47 Å². The topological polar surface area (TPSA) is 83.1 Å². The molecule has 2 aliphatic heterocycles. The first-order valence-corrected chi connectivity index (χ1v) is 7.92. The van der Waals surface area contributed by atoms with Gasteiger partial charge in [-0.25, -0.2) is 4.79 Å². The van der Waals surface area contributed by atoms with Crippen LogP contribution in [0.15, 0.2) is 18.2 Å². The van der Waals surface area contributed by atoms with Crippen LogP contribution in [0.4, 0.5) is 10.5 Å². The van der Waals surface area contributed by atoms with E-state index >= 15 is 0 Å². The van der Waals surface area contributed by atoms with Crippen molar-refractivity contribution in [2.75, 3.05) is 52.3 Å². The maximum Gasteiger partial charge on any atom is 0.321 e. The lowest BCUT2D eigenvalue weighted by Crippen LogP contribution is -2.64. The minimum atomic E-state index is -0.261. The molecule has 0 aliphatic carbocycles. The van der Waals surface area contributed by atoms with Gasteiger partial charge in [-0.2, -0.15) is 0 Å². The second kappa shape index (κ2) is 6.96. The van der Waals surface area contributed by atoms with Crippen molar-refractivity contribution in [2.24, 2.45) is 0 Å². The molecule has 130 valence electrons. The number of piperazine rings is 2. The third-order valence-corrected chi connectivity index (χ3v) is 4.41. The molecule has 1 unspecified atom stereocenters. The summed E-state index contributed by atoms with van der Waals surface area (Å²) in [4.78, 5) is 28.3. The number of nitrogens with one attached hydrogen (secondary N) is 2. The van der Waals surface area contributed by atoms with Crippen molar-refractivity contribution >= 4 is 17.6 Å². The minimum Gasteiger partial charge on any atom is -0.493 e. The molecule has 0 aromatic heterocycles. The molecule has 0 bridgehead atoms. The molecule has 2 heterocycles. The number of urea groups is 1. The second-order valence-electron chi connectivity index (χ2n) is 5.79. The number of rotatable bonds is 3. The van der Waals surface area contributed by atoms with Crippen LogP contribution in [0.3, 0.4) is 0 Å². The van der Waals surface area contributed by atoms with Gasteiger partial charge in [-0.15, -0.1) is 0 Å². The number of carbonyl (C=O) groups is 2. The lowest BCUT2D eigenvalue weighted by atomic mass is 10.1. The standard InChI is InChI=1S/C16H22N4O4/c1-23-13-4-3-11(9-14(13)24-2)18-16(22)20-8-7-19-6-5-17-15(21)12(19)10-20/h3-4,9,12H,5-8,10H2,1-2H3,(H,17,21)(H,18,22). The Balaban J connectivity index is 1.66. The Morgan fingerprint density at radius 3 is 2.75 bits per heavy atom. The van der Waals surface area contributed by atoms with Gasteiger partial charge in [-0.1, -0.05) is 0 Å². The summed E-state index contributed by atoms with van der Waals surface area (Å²) in [6, 6.07) is 4.72. The summed E-state index contributed by atoms with van der Waals surface area (Å²) in [6.45, 7) is 3.21. The number of methoxy groups -OCH3 is 2. The van der Waals surface area contributed by atoms with Gasteiger partial charge in [0.1, 0.15) is 6.04 Å². The molecule has 8 nitrogen and oxygen atoms in total. The number of benzene rings is 1. The Morgan fingerprint density at radius 2 is 2.00 bits per heavy atom. The predicted molar refractivity (Wildman–Crippen MR) is 88.5 cm³/mol. The second-order valence-corrected chi connectivity index (χ2v) is 5.79. The zero-order chi connectivity index (χ0) is 17.1. The van der Waals surface area contributed by atoms with Gasteiger partial charge in [0.15, 0.2) is 11.5 Å². The third-order valence-electron chi connectivity index (χ3n) is 4.41. The van der Waals surface area contributed by atoms with E-state index in [-0.39, 0.29) is 18.0 Å². The van der Waals surface area contributed by atoms with Gasteiger partial charge in [0.05, 0.1) is 14.2 Å². The molecule has 0 saturated carbocycles. The van der Waals surface area contributed by atoms with Crippen molar-refractivity contribution in [1.29, 1.82) is 0 Å². The average Bonchev–Trinajstić information content (AvgIpc) is 2.61. The molecule has 1 atom stereocenters. The van der Waals surface area contributed by atoms with E-state index in [0.29, 0.717) is 43.4 Å². The van der Waals surface area contributed by atoms with Crippen molar-refractivity contribution in [1.82, 2.24) is 15.1 Å². The Hall–Kier alpha value is -2.48. The highest BCUT2D eigenvalue weighted by Crippen LogP contribution is 2.29. The van der Waals surface area contributed by atoms with Crippen LogP contribution < -0.4 is 20.1 Å². The van der Waals surface area contributed by atoms with Gasteiger partial charge in [-0.05, 0) is 12.1 Å². The number of carbonyl (C=O) groups excluding carboxylic acids is 2. The lowest BCUT2D eigenvalue weighted by Gasteiger charge is -2.42. The number of amides is 3. The molecule has 2 aliphatic rings. The molecule has 1 aromatic rings. The van der Waals surface area contributed by atoms with Gasteiger partial charge in [-0.3, -0.25) is 9.69 Å². The van der Waals surface area contributed by atoms with Gasteiger partial charge < -0.3 is 25.0 Å². The van der Waals surface area contributed by atoms with E-state index in [9.17, 15) is 9.59 Å². The van der Waals surface area contributed by atoms with E-state index in [1.807, 2.05) is 0 Å². The molecule has 2 saturated heterocycles. The average molecular weight is 334 g/mol. The van der Waals surface area contributed by atoms with Gasteiger partial charge in [0.25, 0.3) is 0 Å². The molecule has 0 spiro atoms. The normalized spacial score (nSPS) is 20.8. The molecular formula is C16H22N4O4. The van der Waals surface area contributed by atoms with Crippen LogP contribution in [-0.4, -0.2) is 74.7 Å². The maximum atomic E-state index is 12.5. The highest BCUT2D eigenvalue weighted by atomic mass is 16.5. The predicted octanol–water partition coefficient (Wildman–Crippen LogP) is 0.352. The number of fused-ring (bicyclic) bond motifs is 1. The smallest absolute Gasteiger partial charge is 0.321 e. The van der Waals surface area contributed by atoms with Crippen LogP contribution >= 0.6 is 0 Å². The number of ether oxygens (including phenoxy) is 2. The van der Waals surface area contributed by atoms with E-state index in [0.717, 1.165) is 6.54 Å². The molecular weight excluding hydrogens is 312 g/mol. The molecule has 0 radical (unpaired) electrons. The Kier molecular flexibility index (Phi) is 4.75. The zero-order valence-corrected chi connectivity index (χ0v) is 13.9. The fraction of sp³-hybridized carbons (Fsp3) is 0.500. The van der Waals surface area contributed by atoms with E-state index in [1.54, 1.807) is 37.3 Å². The van der Waals surface area contributed by atoms with Crippen LogP contribution in [0.25, 0.3) is 0 Å². The number of hydrogen-bond acceptors (Lipinski definition) is 5. The molecule has 3 rings (SSSR count). The fourth-order valence-corrected chi connectivity index (χ4v) is 3.08. The van der Waals surface area contributed by atoms with Crippen molar-refractivity contribution in [2.45, 2.75) is 6.04 Å². The highest BCUT2D eigenvalue weighted by molar-refractivity contribution is 5.91. The monoisotopic (exact) mass is 334 g/mol. The summed E-state index contributed by atoms with van der Waals surface area (Å²) < 4.78 is 10.4. The summed E-state index contributed by atoms with van der Waals surface area (Å²) in [5.41, 5.74) is 0.619. The molecule has 24 heavy (non-hydrogen) atoms. The van der Waals surface area contributed by atoms with Crippen LogP contribution in [0.5, 0.6) is 11.5 Å². The van der Waals surface area contributed by atoms with Crippen LogP contribution in [0, 0.1) is 0 Å². The first-order valence-electron chi connectivity index (χ1n) is 7.92. The summed E-state index contributed by atoms with van der Waals surface area (Å²) in [5.74, 6) is 1.14. The van der Waals surface area contributed by atoms with Crippen LogP contribution in [0.2, 0.25) is 0 Å². The fourth-order valence-electron chi connectivity index (χ4n) is 3.08. The van der Waals surface area contributed by atoms with Gasteiger partial charge >= 0.3 is 6.03 Å². The highest BCUT2D eigenvalue weighted by Gasteiger charge is 2.36. The molecule has 2 N–H and O–H groups in total. The largest absolute Gasteiger partial charge is 0.493 e. The summed E-state index contributed by atoms with van der Waals surface area (Å²) in [6.07, 6.45) is 0. The summed E-state index contributed by atoms with van der Waals surface area (Å²) >= 11 is 0. The first kappa shape index (κ1) is 16.4. The molecule has 2 fully saturated rings.